The highest BCUT2D eigenvalue weighted by atomic mass is 19.3. The van der Waals surface area contributed by atoms with Crippen LogP contribution in [0.15, 0.2) is 65.6 Å². The first-order valence-electron chi connectivity index (χ1n) is 24.2. The Balaban J connectivity index is 0.00000226. The van der Waals surface area contributed by atoms with Crippen molar-refractivity contribution in [3.8, 4) is 33.5 Å². The molecule has 5 heterocycles. The van der Waals surface area contributed by atoms with Crippen molar-refractivity contribution in [2.75, 3.05) is 47.1 Å². The molecule has 5 aromatic rings. The second-order valence-electron chi connectivity index (χ2n) is 19.6. The minimum atomic E-state index is -3.27. The number of H-pyrrole nitrogens is 2. The van der Waals surface area contributed by atoms with Crippen LogP contribution in [0.4, 0.5) is 27.2 Å². The van der Waals surface area contributed by atoms with Gasteiger partial charge in [-0.2, -0.15) is 0 Å². The quantitative estimate of drug-likeness (QED) is 0.0984. The van der Waals surface area contributed by atoms with Gasteiger partial charge in [-0.05, 0) is 88.1 Å². The van der Waals surface area contributed by atoms with Gasteiger partial charge in [-0.25, -0.2) is 37.1 Å². The zero-order valence-corrected chi connectivity index (χ0v) is 41.1. The molecule has 3 aliphatic heterocycles. The van der Waals surface area contributed by atoms with Gasteiger partial charge in [-0.1, -0.05) is 76.6 Å². The normalized spacial score (nSPS) is 19.9. The van der Waals surface area contributed by atoms with Crippen molar-refractivity contribution in [1.29, 1.82) is 0 Å². The number of nitrogens with zero attached hydrogens (tertiary/aromatic N) is 4. The molecule has 16 nitrogen and oxygen atoms in total. The van der Waals surface area contributed by atoms with E-state index in [1.165, 1.54) is 12.0 Å². The fourth-order valence-corrected chi connectivity index (χ4v) is 10.4. The summed E-state index contributed by atoms with van der Waals surface area (Å²) in [5, 5.41) is 4.94. The Hall–Kier alpha value is -6.83. The summed E-state index contributed by atoms with van der Waals surface area (Å²) in [6.07, 6.45) is 3.01. The number of aromatic nitrogens is 4. The molecule has 384 valence electrons. The van der Waals surface area contributed by atoms with Crippen LogP contribution in [-0.4, -0.2) is 119 Å². The average molecular weight is 1000 g/mol. The second kappa shape index (κ2) is 20.7. The zero-order chi connectivity index (χ0) is 51.7. The fourth-order valence-electron chi connectivity index (χ4n) is 10.4. The van der Waals surface area contributed by atoms with Crippen molar-refractivity contribution in [3.05, 3.63) is 93.9 Å². The molecule has 0 bridgehead atoms. The summed E-state index contributed by atoms with van der Waals surface area (Å²) in [6, 6.07) is 13.8. The third-order valence-electron chi connectivity index (χ3n) is 14.0. The number of nitrogens with one attached hydrogen (secondary N) is 4. The van der Waals surface area contributed by atoms with Gasteiger partial charge in [-0.15, -0.1) is 0 Å². The van der Waals surface area contributed by atoms with Crippen LogP contribution in [0.25, 0.3) is 44.4 Å². The average Bonchev–Trinajstić information content (AvgIpc) is 4.15. The molecule has 0 radical (unpaired) electrons. The predicted octanol–water partition coefficient (Wildman–Crippen LogP) is 8.51. The highest BCUT2D eigenvalue weighted by Crippen LogP contribution is 2.50. The molecule has 72 heavy (non-hydrogen) atoms. The van der Waals surface area contributed by atoms with Gasteiger partial charge in [-0.3, -0.25) is 14.4 Å². The largest absolute Gasteiger partial charge is 0.453 e. The number of amides is 4. The monoisotopic (exact) mass is 1000 g/mol. The third-order valence-corrected chi connectivity index (χ3v) is 14.0. The number of carbonyl (C=O) groups is 4. The molecule has 4 aliphatic rings. The molecule has 3 unspecified atom stereocenters. The molecule has 1 aliphatic carbocycles. The van der Waals surface area contributed by atoms with Crippen LogP contribution in [0.1, 0.15) is 94.7 Å². The van der Waals surface area contributed by atoms with Crippen molar-refractivity contribution in [1.82, 2.24) is 40.4 Å². The van der Waals surface area contributed by atoms with E-state index in [4.69, 9.17) is 4.74 Å². The van der Waals surface area contributed by atoms with Crippen molar-refractivity contribution in [2.45, 2.75) is 103 Å². The van der Waals surface area contributed by atoms with Gasteiger partial charge in [0.1, 0.15) is 24.2 Å². The van der Waals surface area contributed by atoms with E-state index >= 15 is 8.78 Å². The molecule has 2 aromatic heterocycles. The molecular formula is C52H60F4N8O8. The van der Waals surface area contributed by atoms with Gasteiger partial charge >= 0.3 is 12.2 Å². The van der Waals surface area contributed by atoms with Gasteiger partial charge in [0.15, 0.2) is 0 Å². The Kier molecular flexibility index (Phi) is 14.8. The Bertz CT molecular complexity index is 2900. The molecule has 3 fully saturated rings. The predicted molar refractivity (Wildman–Crippen MR) is 259 cm³/mol. The van der Waals surface area contributed by atoms with Crippen molar-refractivity contribution >= 4 is 34.9 Å². The maximum absolute atomic E-state index is 15.1. The maximum atomic E-state index is 15.1. The summed E-state index contributed by atoms with van der Waals surface area (Å²) >= 11 is 0. The Morgan fingerprint density at radius 2 is 1.36 bits per heavy atom. The van der Waals surface area contributed by atoms with E-state index in [2.05, 4.69) is 60.0 Å². The second-order valence-corrected chi connectivity index (χ2v) is 19.6. The number of hydrogen-bond donors (Lipinski definition) is 4. The standard InChI is InChI=1S/C49H52F4N8O8.C3H8/c1-26(2)40(58-46(66)68-4)44(64)61-25-49(52,53)21-38(61)42-56-35-12-9-29(17-32(35)43(63)59-42)31-11-10-30(33-18-47(19-34(31)33)13-15-69-16-14-47)27-5-7-28(8-6-27)36-22-54-41(57-36)37-20-48(50,51)24-60(37)39(62)23-55-45(65)67-3;1-3-2/h5-12,17,22,26,37-38,40H,13-16,18-21,23-25H2,1-4H3,(H,54,57)(H,55,65)(H,58,66)(H,56,59,63);3H2,1-2H3. The molecule has 3 aromatic carbocycles. The van der Waals surface area contributed by atoms with E-state index in [0.29, 0.717) is 18.9 Å². The first kappa shape index (κ1) is 51.5. The number of aromatic amines is 2. The van der Waals surface area contributed by atoms with E-state index in [0.717, 1.165) is 83.1 Å². The number of benzene rings is 3. The topological polar surface area (TPSA) is 201 Å². The van der Waals surface area contributed by atoms with Crippen molar-refractivity contribution in [3.63, 3.8) is 0 Å². The number of methoxy groups -OCH3 is 2. The lowest BCUT2D eigenvalue weighted by atomic mass is 9.77. The highest BCUT2D eigenvalue weighted by Gasteiger charge is 2.51. The van der Waals surface area contributed by atoms with E-state index in [9.17, 15) is 32.8 Å². The van der Waals surface area contributed by atoms with Crippen LogP contribution in [0.3, 0.4) is 0 Å². The first-order chi connectivity index (χ1) is 34.3. The third kappa shape index (κ3) is 10.7. The van der Waals surface area contributed by atoms with Gasteiger partial charge < -0.3 is 44.6 Å². The fraction of sp³-hybridized carbons (Fsp3) is 0.481. The molecule has 20 heteroatoms. The number of halogens is 4. The lowest BCUT2D eigenvalue weighted by Gasteiger charge is -2.33. The summed E-state index contributed by atoms with van der Waals surface area (Å²) in [7, 11) is 2.27. The summed E-state index contributed by atoms with van der Waals surface area (Å²) in [5.41, 5.74) is 7.04. The number of imidazole rings is 1. The summed E-state index contributed by atoms with van der Waals surface area (Å²) in [4.78, 5) is 81.0. The molecule has 1 spiro atoms. The van der Waals surface area contributed by atoms with Gasteiger partial charge in [0.25, 0.3) is 17.4 Å². The number of carbonyl (C=O) groups excluding carboxylic acids is 4. The number of alkyl carbamates (subject to hydrolysis) is 2. The minimum Gasteiger partial charge on any atom is -0.453 e. The van der Waals surface area contributed by atoms with E-state index in [-0.39, 0.29) is 28.0 Å². The maximum Gasteiger partial charge on any atom is 0.407 e. The van der Waals surface area contributed by atoms with E-state index < -0.39 is 97.9 Å². The number of ether oxygens (including phenoxy) is 3. The highest BCUT2D eigenvalue weighted by molar-refractivity contribution is 5.88. The molecule has 4 amide bonds. The number of rotatable bonds is 10. The Labute approximate surface area is 413 Å². The summed E-state index contributed by atoms with van der Waals surface area (Å²) in [5.74, 6) is -8.21. The molecular weight excluding hydrogens is 941 g/mol. The number of likely N-dealkylation sites (tertiary alicyclic amines) is 2. The van der Waals surface area contributed by atoms with E-state index in [1.807, 2.05) is 36.4 Å². The first-order valence-corrected chi connectivity index (χ1v) is 24.2. The number of hydrogen-bond acceptors (Lipinski definition) is 10. The Morgan fingerprint density at radius 3 is 1.97 bits per heavy atom. The molecule has 9 rings (SSSR count). The minimum absolute atomic E-state index is 0.0300. The van der Waals surface area contributed by atoms with Crippen molar-refractivity contribution < 1.29 is 51.0 Å². The SMILES string of the molecule is CCC.COC(=O)NCC(=O)N1CC(F)(F)CC1c1ncc(-c2ccc(-c3ccc(-c4ccc5nc(C6CC(F)(F)CN6C(=O)C(NC(=O)OC)C(C)C)[nH]c(=O)c5c4)c4c3CC3(CCOCC3)C4)cc2)[nH]1. The van der Waals surface area contributed by atoms with Crippen molar-refractivity contribution in [2.24, 2.45) is 11.3 Å². The van der Waals surface area contributed by atoms with Gasteiger partial charge in [0, 0.05) is 26.1 Å². The van der Waals surface area contributed by atoms with Crippen LogP contribution in [0.2, 0.25) is 0 Å². The van der Waals surface area contributed by atoms with E-state index in [1.54, 1.807) is 32.2 Å². The lowest BCUT2D eigenvalue weighted by molar-refractivity contribution is -0.136. The number of fused-ring (bicyclic) bond motifs is 2. The molecule has 3 saturated heterocycles. The Morgan fingerprint density at radius 1 is 0.792 bits per heavy atom. The zero-order valence-electron chi connectivity index (χ0n) is 41.1. The summed E-state index contributed by atoms with van der Waals surface area (Å²) < 4.78 is 74.4. The van der Waals surface area contributed by atoms with Crippen LogP contribution < -0.4 is 16.2 Å². The number of alkyl halides is 4. The van der Waals surface area contributed by atoms with Crippen LogP contribution in [0.5, 0.6) is 0 Å². The smallest absolute Gasteiger partial charge is 0.407 e. The van der Waals surface area contributed by atoms with Gasteiger partial charge in [0.2, 0.25) is 11.8 Å². The molecule has 0 saturated carbocycles. The van der Waals surface area contributed by atoms with Gasteiger partial charge in [0.05, 0.1) is 62.2 Å². The lowest BCUT2D eigenvalue weighted by Crippen LogP contribution is -2.51. The molecule has 3 atom stereocenters. The van der Waals surface area contributed by atoms with Crippen LogP contribution >= 0.6 is 0 Å². The molecule has 4 N–H and O–H groups in total. The summed E-state index contributed by atoms with van der Waals surface area (Å²) in [6.45, 7) is 6.65. The van der Waals surface area contributed by atoms with Crippen LogP contribution in [-0.2, 0) is 36.6 Å². The van der Waals surface area contributed by atoms with Crippen LogP contribution in [0, 0.1) is 11.3 Å².